The molecule has 0 radical (unpaired) electrons. The fourth-order valence-electron chi connectivity index (χ4n) is 5.40. The van der Waals surface area contributed by atoms with E-state index in [1.807, 2.05) is 52.8 Å². The second kappa shape index (κ2) is 15.0. The molecule has 2 N–H and O–H groups in total. The molecule has 7 heteroatoms. The zero-order chi connectivity index (χ0) is 30.8. The van der Waals surface area contributed by atoms with E-state index in [-0.39, 0.29) is 23.5 Å². The summed E-state index contributed by atoms with van der Waals surface area (Å²) < 4.78 is 27.6. The Morgan fingerprint density at radius 2 is 1.80 bits per heavy atom. The summed E-state index contributed by atoms with van der Waals surface area (Å²) in [5.41, 5.74) is 0.0748. The van der Waals surface area contributed by atoms with E-state index in [0.717, 1.165) is 31.0 Å². The number of nitrogens with one attached hydrogen (secondary N) is 2. The molecule has 0 aliphatic heterocycles. The summed E-state index contributed by atoms with van der Waals surface area (Å²) in [6, 6.07) is 8.90. The minimum atomic E-state index is -0.772. The molecule has 2 amide bonds. The monoisotopic (exact) mass is 567 g/mol. The number of hydrogen-bond donors (Lipinski definition) is 2. The van der Waals surface area contributed by atoms with Crippen LogP contribution in [0.4, 0.5) is 8.78 Å². The lowest BCUT2D eigenvalue weighted by molar-refractivity contribution is -0.125. The molecule has 1 aromatic heterocycles. The highest BCUT2D eigenvalue weighted by Crippen LogP contribution is 2.38. The lowest BCUT2D eigenvalue weighted by Gasteiger charge is -2.39. The summed E-state index contributed by atoms with van der Waals surface area (Å²) in [5.74, 6) is -0.677. The first kappa shape index (κ1) is 33.9. The Hall–Kier alpha value is -3.35. The fourth-order valence-corrected chi connectivity index (χ4v) is 5.40. The minimum Gasteiger partial charge on any atom is -0.346 e. The highest BCUT2D eigenvalue weighted by molar-refractivity contribution is 5.98. The van der Waals surface area contributed by atoms with Gasteiger partial charge in [0.2, 0.25) is 5.91 Å². The third-order valence-corrected chi connectivity index (χ3v) is 7.85. The number of hydrogen-bond acceptors (Lipinski definition) is 3. The Balaban J connectivity index is 0.00000287. The Kier molecular flexibility index (Phi) is 12.4. The molecule has 224 valence electrons. The van der Waals surface area contributed by atoms with Crippen LogP contribution < -0.4 is 10.6 Å². The predicted molar refractivity (Wildman–Crippen MR) is 163 cm³/mol. The standard InChI is InChI=1S/C32H41F2N3O2.C2H6/c1-7-32(14-13-24-16-21(2)17-24,20-29(38)36-31(5,6)28-10-8-9-15-35-28)37-30(39)23(4)18-22(3)26-12-11-25(33)19-27(26)34;1-2/h8-12,15,18-19,21,24H,4,7,13-14,16-17,20H2,1-3,5-6H3,(H,36,38)(H,37,39);1-2H3/b22-18+;. The highest BCUT2D eigenvalue weighted by atomic mass is 19.1. The summed E-state index contributed by atoms with van der Waals surface area (Å²) in [4.78, 5) is 31.1. The lowest BCUT2D eigenvalue weighted by Crippen LogP contribution is -2.53. The molecule has 1 atom stereocenters. The molecule has 1 fully saturated rings. The van der Waals surface area contributed by atoms with Crippen LogP contribution in [-0.2, 0) is 15.1 Å². The summed E-state index contributed by atoms with van der Waals surface area (Å²) in [6.07, 6.45) is 7.73. The van der Waals surface area contributed by atoms with Crippen molar-refractivity contribution < 1.29 is 18.4 Å². The number of nitrogens with zero attached hydrogens (tertiary/aromatic N) is 1. The van der Waals surface area contributed by atoms with Gasteiger partial charge in [0, 0.05) is 35.4 Å². The van der Waals surface area contributed by atoms with Crippen molar-refractivity contribution in [2.24, 2.45) is 11.8 Å². The number of carbonyl (C=O) groups is 2. The van der Waals surface area contributed by atoms with E-state index in [9.17, 15) is 18.4 Å². The van der Waals surface area contributed by atoms with E-state index >= 15 is 0 Å². The van der Waals surface area contributed by atoms with Gasteiger partial charge in [-0.15, -0.1) is 0 Å². The molecule has 1 saturated carbocycles. The minimum absolute atomic E-state index is 0.107. The molecular weight excluding hydrogens is 520 g/mol. The number of benzene rings is 1. The van der Waals surface area contributed by atoms with E-state index in [2.05, 4.69) is 29.1 Å². The zero-order valence-corrected chi connectivity index (χ0v) is 25.7. The predicted octanol–water partition coefficient (Wildman–Crippen LogP) is 7.88. The topological polar surface area (TPSA) is 71.1 Å². The van der Waals surface area contributed by atoms with Gasteiger partial charge < -0.3 is 10.6 Å². The molecule has 2 aromatic rings. The molecule has 1 heterocycles. The third kappa shape index (κ3) is 9.61. The van der Waals surface area contributed by atoms with Crippen LogP contribution in [0.1, 0.15) is 98.2 Å². The van der Waals surface area contributed by atoms with Gasteiger partial charge in [0.05, 0.1) is 11.2 Å². The Morgan fingerprint density at radius 1 is 1.12 bits per heavy atom. The van der Waals surface area contributed by atoms with Crippen LogP contribution in [0.2, 0.25) is 0 Å². The second-order valence-corrected chi connectivity index (χ2v) is 11.6. The first-order chi connectivity index (χ1) is 19.3. The quantitative estimate of drug-likeness (QED) is 0.202. The van der Waals surface area contributed by atoms with Crippen molar-refractivity contribution in [3.8, 4) is 0 Å². The van der Waals surface area contributed by atoms with Crippen molar-refractivity contribution in [1.82, 2.24) is 15.6 Å². The number of carbonyl (C=O) groups excluding carboxylic acids is 2. The van der Waals surface area contributed by atoms with Crippen molar-refractivity contribution in [2.45, 2.75) is 98.1 Å². The maximum atomic E-state index is 14.3. The number of halogens is 2. The first-order valence-electron chi connectivity index (χ1n) is 14.7. The number of rotatable bonds is 12. The van der Waals surface area contributed by atoms with E-state index < -0.39 is 28.6 Å². The number of pyridine rings is 1. The summed E-state index contributed by atoms with van der Waals surface area (Å²) >= 11 is 0. The molecule has 1 aliphatic carbocycles. The van der Waals surface area contributed by atoms with Crippen LogP contribution in [-0.4, -0.2) is 22.3 Å². The third-order valence-electron chi connectivity index (χ3n) is 7.85. The highest BCUT2D eigenvalue weighted by Gasteiger charge is 2.37. The molecule has 1 aromatic carbocycles. The molecule has 1 unspecified atom stereocenters. The smallest absolute Gasteiger partial charge is 0.251 e. The van der Waals surface area contributed by atoms with Crippen LogP contribution in [0, 0.1) is 23.5 Å². The normalized spacial score (nSPS) is 18.2. The van der Waals surface area contributed by atoms with Gasteiger partial charge in [-0.2, -0.15) is 0 Å². The molecular formula is C34H47F2N3O2. The molecule has 0 spiro atoms. The van der Waals surface area contributed by atoms with Gasteiger partial charge in [0.25, 0.3) is 5.91 Å². The van der Waals surface area contributed by atoms with E-state index in [4.69, 9.17) is 0 Å². The van der Waals surface area contributed by atoms with Crippen molar-refractivity contribution in [3.05, 3.63) is 83.7 Å². The van der Waals surface area contributed by atoms with Crippen LogP contribution in [0.15, 0.2) is 60.8 Å². The lowest BCUT2D eigenvalue weighted by atomic mass is 9.71. The molecule has 5 nitrogen and oxygen atoms in total. The summed E-state index contributed by atoms with van der Waals surface area (Å²) in [7, 11) is 0. The van der Waals surface area contributed by atoms with Gasteiger partial charge in [0.1, 0.15) is 11.6 Å². The average Bonchev–Trinajstić information content (AvgIpc) is 2.91. The van der Waals surface area contributed by atoms with Crippen LogP contribution >= 0.6 is 0 Å². The van der Waals surface area contributed by atoms with Gasteiger partial charge in [-0.25, -0.2) is 8.78 Å². The van der Waals surface area contributed by atoms with Gasteiger partial charge in [-0.3, -0.25) is 14.6 Å². The van der Waals surface area contributed by atoms with Crippen LogP contribution in [0.3, 0.4) is 0 Å². The summed E-state index contributed by atoms with van der Waals surface area (Å²) in [6.45, 7) is 17.6. The molecule has 0 bridgehead atoms. The van der Waals surface area contributed by atoms with Gasteiger partial charge in [-0.1, -0.05) is 40.3 Å². The summed E-state index contributed by atoms with van der Waals surface area (Å²) in [5, 5.41) is 6.21. The van der Waals surface area contributed by atoms with E-state index in [1.54, 1.807) is 13.1 Å². The first-order valence-corrected chi connectivity index (χ1v) is 14.7. The van der Waals surface area contributed by atoms with E-state index in [0.29, 0.717) is 30.3 Å². The average molecular weight is 568 g/mol. The molecule has 0 saturated heterocycles. The zero-order valence-electron chi connectivity index (χ0n) is 25.7. The Labute approximate surface area is 244 Å². The molecule has 41 heavy (non-hydrogen) atoms. The second-order valence-electron chi connectivity index (χ2n) is 11.6. The number of amides is 2. The van der Waals surface area contributed by atoms with Crippen molar-refractivity contribution in [1.29, 1.82) is 0 Å². The van der Waals surface area contributed by atoms with Crippen molar-refractivity contribution in [3.63, 3.8) is 0 Å². The van der Waals surface area contributed by atoms with Crippen LogP contribution in [0.25, 0.3) is 5.57 Å². The number of aromatic nitrogens is 1. The SMILES string of the molecule is C=C(/C=C(\C)c1ccc(F)cc1F)C(=O)NC(CC)(CCC1CC(C)C1)CC(=O)NC(C)(C)c1ccccn1.CC. The van der Waals surface area contributed by atoms with Crippen molar-refractivity contribution in [2.75, 3.05) is 0 Å². The number of allylic oxidation sites excluding steroid dienone is 1. The maximum absolute atomic E-state index is 14.3. The Morgan fingerprint density at radius 3 is 2.37 bits per heavy atom. The molecule has 1 aliphatic rings. The van der Waals surface area contributed by atoms with Crippen LogP contribution in [0.5, 0.6) is 0 Å². The molecule has 3 rings (SSSR count). The largest absolute Gasteiger partial charge is 0.346 e. The Bertz CT molecular complexity index is 1220. The van der Waals surface area contributed by atoms with Gasteiger partial charge in [0.15, 0.2) is 0 Å². The van der Waals surface area contributed by atoms with E-state index in [1.165, 1.54) is 18.2 Å². The fraction of sp³-hybridized carbons (Fsp3) is 0.500. The van der Waals surface area contributed by atoms with Gasteiger partial charge in [-0.05, 0) is 101 Å². The van der Waals surface area contributed by atoms with Gasteiger partial charge >= 0.3 is 0 Å². The van der Waals surface area contributed by atoms with Crippen molar-refractivity contribution >= 4 is 17.4 Å². The maximum Gasteiger partial charge on any atom is 0.251 e.